The van der Waals surface area contributed by atoms with Crippen LogP contribution in [0.3, 0.4) is 0 Å². The van der Waals surface area contributed by atoms with Crippen LogP contribution in [0.1, 0.15) is 76.2 Å². The Kier molecular flexibility index (Phi) is 11.4. The highest BCUT2D eigenvalue weighted by molar-refractivity contribution is 6.05. The van der Waals surface area contributed by atoms with Gasteiger partial charge in [-0.1, -0.05) is 48.5 Å². The quantitative estimate of drug-likeness (QED) is 0.0720. The number of aromatic hydroxyl groups is 1. The van der Waals surface area contributed by atoms with Gasteiger partial charge in [0, 0.05) is 57.2 Å². The van der Waals surface area contributed by atoms with Crippen LogP contribution < -0.4 is 14.8 Å². The van der Waals surface area contributed by atoms with E-state index in [9.17, 15) is 19.5 Å². The minimum Gasteiger partial charge on any atom is -0.508 e. The van der Waals surface area contributed by atoms with Gasteiger partial charge in [-0.3, -0.25) is 24.6 Å². The van der Waals surface area contributed by atoms with Crippen molar-refractivity contribution in [1.82, 2.24) is 20.0 Å². The summed E-state index contributed by atoms with van der Waals surface area (Å²) in [5.74, 6) is 2.79. The van der Waals surface area contributed by atoms with Crippen molar-refractivity contribution < 1.29 is 29.0 Å². The predicted molar refractivity (Wildman–Crippen MR) is 222 cm³/mol. The maximum absolute atomic E-state index is 13.1. The second-order valence-corrected chi connectivity index (χ2v) is 15.4. The molecule has 0 radical (unpaired) electrons. The average molecular weight is 780 g/mol. The number of aryl methyl sites for hydroxylation is 1. The van der Waals surface area contributed by atoms with Gasteiger partial charge in [-0.25, -0.2) is 4.99 Å². The molecule has 3 atom stereocenters. The second kappa shape index (κ2) is 17.1. The maximum Gasteiger partial charge on any atom is 0.255 e. The van der Waals surface area contributed by atoms with Crippen molar-refractivity contribution in [2.75, 3.05) is 39.3 Å². The van der Waals surface area contributed by atoms with Crippen molar-refractivity contribution in [3.8, 4) is 17.2 Å². The number of fused-ring (bicyclic) bond motifs is 2. The molecule has 4 aromatic rings. The molecule has 0 bridgehead atoms. The molecule has 4 aliphatic rings. The van der Waals surface area contributed by atoms with Crippen LogP contribution in [0, 0.1) is 0 Å². The fourth-order valence-corrected chi connectivity index (χ4v) is 8.83. The summed E-state index contributed by atoms with van der Waals surface area (Å²) in [6.07, 6.45) is 6.28. The number of ether oxygens (including phenoxy) is 2. The summed E-state index contributed by atoms with van der Waals surface area (Å²) in [4.78, 5) is 47.5. The van der Waals surface area contributed by atoms with Gasteiger partial charge in [0.2, 0.25) is 11.8 Å². The highest BCUT2D eigenvalue weighted by Gasteiger charge is 2.39. The molecule has 3 heterocycles. The van der Waals surface area contributed by atoms with Gasteiger partial charge >= 0.3 is 0 Å². The molecule has 2 fully saturated rings. The Bertz CT molecular complexity index is 2250. The Labute approximate surface area is 339 Å². The molecule has 11 heteroatoms. The Hall–Kier alpha value is -6.20. The van der Waals surface area contributed by atoms with Crippen LogP contribution in [0.4, 0.5) is 0 Å². The number of nitrogens with one attached hydrogen (secondary N) is 1. The molecule has 1 aliphatic carbocycles. The van der Waals surface area contributed by atoms with E-state index in [0.717, 1.165) is 62.7 Å². The minimum atomic E-state index is -0.656. The summed E-state index contributed by atoms with van der Waals surface area (Å²) in [7, 11) is 0. The lowest BCUT2D eigenvalue weighted by Gasteiger charge is -2.35. The number of carbonyl (C=O) groups excluding carboxylic acids is 3. The molecule has 4 aromatic carbocycles. The Balaban J connectivity index is 0.816. The zero-order valence-corrected chi connectivity index (χ0v) is 32.8. The van der Waals surface area contributed by atoms with Crippen molar-refractivity contribution in [1.29, 1.82) is 0 Å². The number of piperazine rings is 1. The third-order valence-electron chi connectivity index (χ3n) is 11.8. The van der Waals surface area contributed by atoms with Gasteiger partial charge in [0.25, 0.3) is 5.91 Å². The van der Waals surface area contributed by atoms with Crippen LogP contribution in [0.5, 0.6) is 17.2 Å². The first kappa shape index (κ1) is 38.7. The minimum absolute atomic E-state index is 0.201. The van der Waals surface area contributed by atoms with E-state index >= 15 is 0 Å². The van der Waals surface area contributed by atoms with Gasteiger partial charge in [-0.2, -0.15) is 0 Å². The third kappa shape index (κ3) is 8.40. The summed E-state index contributed by atoms with van der Waals surface area (Å²) >= 11 is 0. The Morgan fingerprint density at radius 1 is 0.862 bits per heavy atom. The van der Waals surface area contributed by atoms with Gasteiger partial charge < -0.3 is 24.4 Å². The van der Waals surface area contributed by atoms with E-state index in [1.54, 1.807) is 18.2 Å². The number of phenols is 1. The van der Waals surface area contributed by atoms with Crippen LogP contribution in [0.15, 0.2) is 120 Å². The number of hydrogen-bond acceptors (Lipinski definition) is 9. The summed E-state index contributed by atoms with van der Waals surface area (Å²) in [5.41, 5.74) is 6.42. The molecule has 58 heavy (non-hydrogen) atoms. The molecule has 298 valence electrons. The maximum atomic E-state index is 13.1. The molecule has 1 unspecified atom stereocenters. The first-order valence-electron chi connectivity index (χ1n) is 20.1. The highest BCUT2D eigenvalue weighted by Crippen LogP contribution is 2.47. The number of aliphatic imine (C=N–C) groups is 1. The first-order chi connectivity index (χ1) is 28.2. The van der Waals surface area contributed by atoms with E-state index in [4.69, 9.17) is 9.47 Å². The number of carbonyl (C=O) groups is 3. The van der Waals surface area contributed by atoms with E-state index < -0.39 is 11.9 Å². The summed E-state index contributed by atoms with van der Waals surface area (Å²) in [5, 5.41) is 12.5. The summed E-state index contributed by atoms with van der Waals surface area (Å²) < 4.78 is 12.3. The molecule has 0 saturated carbocycles. The van der Waals surface area contributed by atoms with Crippen LogP contribution in [-0.4, -0.2) is 89.6 Å². The lowest BCUT2D eigenvalue weighted by atomic mass is 9.69. The average Bonchev–Trinajstić information content (AvgIpc) is 3.56. The highest BCUT2D eigenvalue weighted by atomic mass is 16.5. The van der Waals surface area contributed by atoms with Crippen molar-refractivity contribution >= 4 is 24.4 Å². The van der Waals surface area contributed by atoms with Gasteiger partial charge in [0.05, 0.1) is 0 Å². The largest absolute Gasteiger partial charge is 0.508 e. The Morgan fingerprint density at radius 3 is 2.40 bits per heavy atom. The SMILES string of the molecule is C=N/C(=C\C=C(/C)Oc1ccc2c(c1)CN(C1CCC(=O)NC1=O)C2=O)N1CCN(CCOc2ccc([C@@H]3c4ccc(O)cc4CC[C@@H]3c3ccccc3)cc2)CC1. The molecule has 11 nitrogen and oxygen atoms in total. The number of amides is 3. The molecule has 8 rings (SSSR count). The molecular formula is C47H49N5O6. The molecule has 2 N–H and O–H groups in total. The fourth-order valence-electron chi connectivity index (χ4n) is 8.83. The summed E-state index contributed by atoms with van der Waals surface area (Å²) in [6, 6.07) is 29.8. The van der Waals surface area contributed by atoms with Gasteiger partial charge in [-0.15, -0.1) is 0 Å². The van der Waals surface area contributed by atoms with Crippen molar-refractivity contribution in [3.63, 3.8) is 0 Å². The lowest BCUT2D eigenvalue weighted by Crippen LogP contribution is -2.52. The van der Waals surface area contributed by atoms with Crippen LogP contribution in [0.25, 0.3) is 0 Å². The van der Waals surface area contributed by atoms with E-state index in [2.05, 4.69) is 87.5 Å². The number of piperidine rings is 1. The van der Waals surface area contributed by atoms with Gasteiger partial charge in [-0.05, 0) is 121 Å². The van der Waals surface area contributed by atoms with E-state index in [1.807, 2.05) is 31.2 Å². The van der Waals surface area contributed by atoms with Crippen LogP contribution in [0.2, 0.25) is 0 Å². The molecule has 2 saturated heterocycles. The molecule has 0 spiro atoms. The third-order valence-corrected chi connectivity index (χ3v) is 11.8. The number of hydrogen-bond donors (Lipinski definition) is 2. The summed E-state index contributed by atoms with van der Waals surface area (Å²) in [6.45, 7) is 10.7. The number of phenolic OH excluding ortho intramolecular Hbond substituents is 1. The van der Waals surface area contributed by atoms with Crippen molar-refractivity contribution in [3.05, 3.63) is 148 Å². The van der Waals surface area contributed by atoms with E-state index in [0.29, 0.717) is 41.8 Å². The van der Waals surface area contributed by atoms with Crippen LogP contribution in [-0.2, 0) is 22.6 Å². The zero-order chi connectivity index (χ0) is 40.2. The number of rotatable bonds is 12. The van der Waals surface area contributed by atoms with Crippen LogP contribution >= 0.6 is 0 Å². The zero-order valence-electron chi connectivity index (χ0n) is 32.8. The Morgan fingerprint density at radius 2 is 1.64 bits per heavy atom. The second-order valence-electron chi connectivity index (χ2n) is 15.4. The predicted octanol–water partition coefficient (Wildman–Crippen LogP) is 6.54. The monoisotopic (exact) mass is 779 g/mol. The molecular weight excluding hydrogens is 731 g/mol. The molecule has 3 aliphatic heterocycles. The number of imide groups is 1. The molecule has 0 aromatic heterocycles. The topological polar surface area (TPSA) is 124 Å². The fraction of sp³-hybridized carbons (Fsp3) is 0.319. The van der Waals surface area contributed by atoms with E-state index in [1.165, 1.54) is 27.2 Å². The molecule has 3 amide bonds. The lowest BCUT2D eigenvalue weighted by molar-refractivity contribution is -0.136. The number of nitrogens with zero attached hydrogens (tertiary/aromatic N) is 4. The van der Waals surface area contributed by atoms with E-state index in [-0.39, 0.29) is 30.7 Å². The van der Waals surface area contributed by atoms with Crippen molar-refractivity contribution in [2.45, 2.75) is 57.0 Å². The number of allylic oxidation sites excluding steroid dienone is 3. The number of benzene rings is 4. The first-order valence-corrected chi connectivity index (χ1v) is 20.1. The normalized spacial score (nSPS) is 21.3. The standard InChI is InChI=1S/C47H49N5O6/c1-31(58-38-15-18-41-35(29-38)30-52(47(41)56)42-19-21-44(54)49-46(42)55)8-20-43(48-2)51-24-22-50(23-25-51)26-27-57-37-13-9-33(10-14-37)45-39(32-6-4-3-5-7-32)16-11-34-28-36(53)12-17-40(34)45/h3-10,12-15,17-18,20,28-29,39,42,45,53H,2,11,16,19,21-27,30H2,1H3,(H,49,54,55)/b31-8+,43-20+/t39-,42?,45+/m1/s1. The van der Waals surface area contributed by atoms with Gasteiger partial charge in [0.1, 0.15) is 41.5 Å². The smallest absolute Gasteiger partial charge is 0.255 e. The van der Waals surface area contributed by atoms with Gasteiger partial charge in [0.15, 0.2) is 0 Å². The van der Waals surface area contributed by atoms with Crippen molar-refractivity contribution in [2.24, 2.45) is 4.99 Å².